The Morgan fingerprint density at radius 2 is 2.28 bits per heavy atom. The topological polar surface area (TPSA) is 44.5 Å². The normalized spacial score (nSPS) is 21.2. The largest absolute Gasteiger partial charge is 0.381 e. The molecule has 2 rings (SSSR count). The van der Waals surface area contributed by atoms with Gasteiger partial charge in [0.15, 0.2) is 0 Å². The fourth-order valence-corrected chi connectivity index (χ4v) is 2.41. The molecular weight excluding hydrogens is 226 g/mol. The third-order valence-electron chi connectivity index (χ3n) is 3.50. The van der Waals surface area contributed by atoms with Crippen LogP contribution in [-0.2, 0) is 9.47 Å². The molecule has 2 N–H and O–H groups in total. The van der Waals surface area contributed by atoms with Gasteiger partial charge < -0.3 is 15.2 Å². The number of benzene rings is 1. The van der Waals surface area contributed by atoms with Crippen LogP contribution in [0.2, 0.25) is 0 Å². The molecule has 1 saturated heterocycles. The molecule has 18 heavy (non-hydrogen) atoms. The zero-order chi connectivity index (χ0) is 13.0. The van der Waals surface area contributed by atoms with Gasteiger partial charge in [-0.2, -0.15) is 0 Å². The average Bonchev–Trinajstić information content (AvgIpc) is 2.81. The van der Waals surface area contributed by atoms with E-state index in [1.54, 1.807) is 0 Å². The van der Waals surface area contributed by atoms with Crippen molar-refractivity contribution in [2.75, 3.05) is 26.4 Å². The highest BCUT2D eigenvalue weighted by Crippen LogP contribution is 2.18. The summed E-state index contributed by atoms with van der Waals surface area (Å²) >= 11 is 0. The minimum Gasteiger partial charge on any atom is -0.381 e. The van der Waals surface area contributed by atoms with Crippen LogP contribution in [-0.4, -0.2) is 26.4 Å². The van der Waals surface area contributed by atoms with Gasteiger partial charge in [0.25, 0.3) is 0 Å². The summed E-state index contributed by atoms with van der Waals surface area (Å²) in [6, 6.07) is 6.35. The number of hydrogen-bond acceptors (Lipinski definition) is 3. The predicted octanol–water partition coefficient (Wildman–Crippen LogP) is 2.36. The summed E-state index contributed by atoms with van der Waals surface area (Å²) < 4.78 is 11.0. The van der Waals surface area contributed by atoms with Gasteiger partial charge in [0, 0.05) is 12.5 Å². The van der Waals surface area contributed by atoms with Crippen molar-refractivity contribution in [1.82, 2.24) is 0 Å². The zero-order valence-corrected chi connectivity index (χ0v) is 11.3. The molecule has 0 radical (unpaired) electrons. The Labute approximate surface area is 109 Å². The molecule has 1 heterocycles. The second kappa shape index (κ2) is 6.32. The Morgan fingerprint density at radius 1 is 1.44 bits per heavy atom. The summed E-state index contributed by atoms with van der Waals surface area (Å²) in [6.07, 6.45) is 1.11. The van der Waals surface area contributed by atoms with Crippen LogP contribution in [0.1, 0.15) is 29.2 Å². The molecule has 0 amide bonds. The highest BCUT2D eigenvalue weighted by atomic mass is 16.5. The van der Waals surface area contributed by atoms with Crippen LogP contribution in [0.4, 0.5) is 0 Å². The lowest BCUT2D eigenvalue weighted by molar-refractivity contribution is 0.0807. The lowest BCUT2D eigenvalue weighted by Crippen LogP contribution is -2.20. The van der Waals surface area contributed by atoms with Crippen molar-refractivity contribution in [3.63, 3.8) is 0 Å². The molecule has 0 bridgehead atoms. The van der Waals surface area contributed by atoms with Crippen molar-refractivity contribution < 1.29 is 9.47 Å². The zero-order valence-electron chi connectivity index (χ0n) is 11.3. The van der Waals surface area contributed by atoms with Crippen molar-refractivity contribution in [3.05, 3.63) is 34.9 Å². The maximum Gasteiger partial charge on any atom is 0.0659 e. The lowest BCUT2D eigenvalue weighted by atomic mass is 10.0. The molecule has 1 aliphatic rings. The van der Waals surface area contributed by atoms with Gasteiger partial charge in [0.05, 0.1) is 25.9 Å². The maximum atomic E-state index is 6.17. The first-order valence-electron chi connectivity index (χ1n) is 6.65. The summed E-state index contributed by atoms with van der Waals surface area (Å²) in [5.41, 5.74) is 9.87. The minimum absolute atomic E-state index is 0.0343. The number of ether oxygens (including phenoxy) is 2. The van der Waals surface area contributed by atoms with E-state index in [1.165, 1.54) is 16.7 Å². The van der Waals surface area contributed by atoms with Crippen LogP contribution >= 0.6 is 0 Å². The highest BCUT2D eigenvalue weighted by Gasteiger charge is 2.16. The molecule has 2 atom stereocenters. The van der Waals surface area contributed by atoms with Gasteiger partial charge in [-0.1, -0.05) is 23.8 Å². The van der Waals surface area contributed by atoms with Crippen LogP contribution in [0.5, 0.6) is 0 Å². The molecule has 0 aromatic heterocycles. The molecule has 2 unspecified atom stereocenters. The molecule has 3 heteroatoms. The molecule has 100 valence electrons. The first kappa shape index (κ1) is 13.5. The van der Waals surface area contributed by atoms with E-state index in [0.29, 0.717) is 12.5 Å². The third-order valence-corrected chi connectivity index (χ3v) is 3.50. The smallest absolute Gasteiger partial charge is 0.0659 e. The predicted molar refractivity (Wildman–Crippen MR) is 72.6 cm³/mol. The van der Waals surface area contributed by atoms with E-state index < -0.39 is 0 Å². The Bertz CT molecular complexity index is 386. The molecule has 3 nitrogen and oxygen atoms in total. The third kappa shape index (κ3) is 3.55. The van der Waals surface area contributed by atoms with Crippen LogP contribution in [0.25, 0.3) is 0 Å². The summed E-state index contributed by atoms with van der Waals surface area (Å²) in [7, 11) is 0. The molecule has 0 saturated carbocycles. The summed E-state index contributed by atoms with van der Waals surface area (Å²) in [4.78, 5) is 0. The molecule has 1 fully saturated rings. The van der Waals surface area contributed by atoms with Gasteiger partial charge in [-0.05, 0) is 31.4 Å². The molecule has 0 aliphatic carbocycles. The number of nitrogens with two attached hydrogens (primary N) is 1. The van der Waals surface area contributed by atoms with Crippen molar-refractivity contribution in [3.8, 4) is 0 Å². The van der Waals surface area contributed by atoms with Crippen LogP contribution in [0.15, 0.2) is 18.2 Å². The first-order chi connectivity index (χ1) is 8.66. The molecule has 1 aromatic rings. The molecule has 1 aromatic carbocycles. The summed E-state index contributed by atoms with van der Waals surface area (Å²) in [5, 5.41) is 0. The molecule has 1 aliphatic heterocycles. The minimum atomic E-state index is -0.0343. The molecule has 0 spiro atoms. The average molecular weight is 249 g/mol. The van der Waals surface area contributed by atoms with Crippen molar-refractivity contribution in [1.29, 1.82) is 0 Å². The van der Waals surface area contributed by atoms with E-state index in [9.17, 15) is 0 Å². The van der Waals surface area contributed by atoms with Crippen molar-refractivity contribution in [2.24, 2.45) is 11.7 Å². The van der Waals surface area contributed by atoms with E-state index in [4.69, 9.17) is 15.2 Å². The van der Waals surface area contributed by atoms with Gasteiger partial charge in [0.1, 0.15) is 0 Å². The number of aryl methyl sites for hydroxylation is 2. The summed E-state index contributed by atoms with van der Waals surface area (Å²) in [5.74, 6) is 0.552. The van der Waals surface area contributed by atoms with Crippen molar-refractivity contribution >= 4 is 0 Å². The van der Waals surface area contributed by atoms with Gasteiger partial charge in [-0.3, -0.25) is 0 Å². The second-order valence-corrected chi connectivity index (χ2v) is 5.23. The standard InChI is InChI=1S/C15H23NO2/c1-11-3-4-14(12(2)7-11)15(16)10-18-9-13-5-6-17-8-13/h3-4,7,13,15H,5-6,8-10,16H2,1-2H3. The SMILES string of the molecule is Cc1ccc(C(N)COCC2CCOC2)c(C)c1. The maximum absolute atomic E-state index is 6.17. The first-order valence-corrected chi connectivity index (χ1v) is 6.65. The fourth-order valence-electron chi connectivity index (χ4n) is 2.41. The fraction of sp³-hybridized carbons (Fsp3) is 0.600. The quantitative estimate of drug-likeness (QED) is 0.871. The Hall–Kier alpha value is -0.900. The Balaban J connectivity index is 1.81. The Morgan fingerprint density at radius 3 is 2.94 bits per heavy atom. The molecular formula is C15H23NO2. The Kier molecular flexibility index (Phi) is 4.75. The monoisotopic (exact) mass is 249 g/mol. The van der Waals surface area contributed by atoms with Gasteiger partial charge in [-0.15, -0.1) is 0 Å². The van der Waals surface area contributed by atoms with Gasteiger partial charge in [-0.25, -0.2) is 0 Å². The van der Waals surface area contributed by atoms with Gasteiger partial charge >= 0.3 is 0 Å². The van der Waals surface area contributed by atoms with Crippen LogP contribution in [0.3, 0.4) is 0 Å². The van der Waals surface area contributed by atoms with E-state index in [2.05, 4.69) is 32.0 Å². The van der Waals surface area contributed by atoms with Crippen LogP contribution < -0.4 is 5.73 Å². The number of hydrogen-bond donors (Lipinski definition) is 1. The van der Waals surface area contributed by atoms with E-state index in [1.807, 2.05) is 0 Å². The van der Waals surface area contributed by atoms with E-state index >= 15 is 0 Å². The van der Waals surface area contributed by atoms with Crippen molar-refractivity contribution in [2.45, 2.75) is 26.3 Å². The highest BCUT2D eigenvalue weighted by molar-refractivity contribution is 5.32. The second-order valence-electron chi connectivity index (χ2n) is 5.23. The van der Waals surface area contributed by atoms with E-state index in [-0.39, 0.29) is 6.04 Å². The lowest BCUT2D eigenvalue weighted by Gasteiger charge is -2.17. The van der Waals surface area contributed by atoms with E-state index in [0.717, 1.165) is 26.2 Å². The summed E-state index contributed by atoms with van der Waals surface area (Å²) in [6.45, 7) is 7.25. The van der Waals surface area contributed by atoms with Crippen LogP contribution in [0, 0.1) is 19.8 Å². The van der Waals surface area contributed by atoms with Gasteiger partial charge in [0.2, 0.25) is 0 Å². The number of rotatable bonds is 5.